The van der Waals surface area contributed by atoms with Crippen molar-refractivity contribution in [2.75, 3.05) is 31.7 Å². The summed E-state index contributed by atoms with van der Waals surface area (Å²) < 4.78 is 15.7. The molecule has 1 atom stereocenters. The van der Waals surface area contributed by atoms with Gasteiger partial charge in [-0.25, -0.2) is 4.79 Å². The first-order valence-electron chi connectivity index (χ1n) is 9.28. The van der Waals surface area contributed by atoms with Crippen LogP contribution in [0.2, 0.25) is 0 Å². The Bertz CT molecular complexity index is 758. The van der Waals surface area contributed by atoms with Crippen LogP contribution in [0.1, 0.15) is 12.8 Å². The monoisotopic (exact) mass is 384 g/mol. The maximum atomic E-state index is 11.7. The minimum Gasteiger partial charge on any atom is -0.482 e. The molecule has 7 nitrogen and oxygen atoms in total. The number of nitrogens with one attached hydrogen (secondary N) is 2. The van der Waals surface area contributed by atoms with Gasteiger partial charge in [0.15, 0.2) is 13.2 Å². The number of carbonyl (C=O) groups excluding carboxylic acids is 2. The van der Waals surface area contributed by atoms with E-state index in [2.05, 4.69) is 10.6 Å². The number of para-hydroxylation sites is 1. The molecule has 2 N–H and O–H groups in total. The largest absolute Gasteiger partial charge is 0.482 e. The number of hydrogen-bond donors (Lipinski definition) is 2. The molecule has 1 heterocycles. The van der Waals surface area contributed by atoms with E-state index in [1.165, 1.54) is 0 Å². The van der Waals surface area contributed by atoms with Gasteiger partial charge in [-0.1, -0.05) is 18.2 Å². The molecule has 1 saturated heterocycles. The van der Waals surface area contributed by atoms with Crippen molar-refractivity contribution >= 4 is 23.3 Å². The highest BCUT2D eigenvalue weighted by Crippen LogP contribution is 2.19. The second kappa shape index (κ2) is 10.3. The fourth-order valence-electron chi connectivity index (χ4n) is 2.74. The van der Waals surface area contributed by atoms with Crippen LogP contribution in [0.15, 0.2) is 54.6 Å². The summed E-state index contributed by atoms with van der Waals surface area (Å²) >= 11 is 0. The quantitative estimate of drug-likeness (QED) is 0.647. The maximum absolute atomic E-state index is 11.7. The molecule has 0 aromatic heterocycles. The lowest BCUT2D eigenvalue weighted by Crippen LogP contribution is -2.35. The zero-order chi connectivity index (χ0) is 19.6. The Morgan fingerprint density at radius 2 is 1.75 bits per heavy atom. The van der Waals surface area contributed by atoms with Crippen molar-refractivity contribution in [3.05, 3.63) is 54.6 Å². The number of rotatable bonds is 9. The van der Waals surface area contributed by atoms with Gasteiger partial charge in [-0.2, -0.15) is 0 Å². The summed E-state index contributed by atoms with van der Waals surface area (Å²) in [5.41, 5.74) is 1.89. The number of hydrogen-bond acceptors (Lipinski definition) is 6. The highest BCUT2D eigenvalue weighted by Gasteiger charge is 2.16. The summed E-state index contributed by atoms with van der Waals surface area (Å²) in [7, 11) is 0. The molecule has 1 aliphatic rings. The van der Waals surface area contributed by atoms with Crippen LogP contribution in [0, 0.1) is 0 Å². The van der Waals surface area contributed by atoms with Crippen LogP contribution >= 0.6 is 0 Å². The molecule has 0 aliphatic carbocycles. The Hall–Kier alpha value is -3.06. The first-order valence-corrected chi connectivity index (χ1v) is 9.28. The summed E-state index contributed by atoms with van der Waals surface area (Å²) in [5.74, 6) is -0.405. The van der Waals surface area contributed by atoms with Crippen LogP contribution in [0.4, 0.5) is 11.4 Å². The molecule has 148 valence electrons. The Labute approximate surface area is 164 Å². The summed E-state index contributed by atoms with van der Waals surface area (Å²) in [6.45, 7) is 0.589. The van der Waals surface area contributed by atoms with E-state index in [4.69, 9.17) is 14.2 Å². The van der Waals surface area contributed by atoms with Crippen LogP contribution in [-0.4, -0.2) is 44.3 Å². The fraction of sp³-hybridized carbons (Fsp3) is 0.333. The number of carbonyl (C=O) groups is 2. The number of ether oxygens (including phenoxy) is 3. The first-order chi connectivity index (χ1) is 13.7. The molecule has 0 spiro atoms. The molecule has 1 amide bonds. The molecular weight excluding hydrogens is 360 g/mol. The van der Waals surface area contributed by atoms with Crippen molar-refractivity contribution in [1.29, 1.82) is 0 Å². The van der Waals surface area contributed by atoms with Crippen LogP contribution in [0.25, 0.3) is 0 Å². The minimum atomic E-state index is -0.598. The first kappa shape index (κ1) is 19.7. The second-order valence-corrected chi connectivity index (χ2v) is 6.40. The molecule has 1 fully saturated rings. The normalized spacial score (nSPS) is 15.6. The average molecular weight is 384 g/mol. The highest BCUT2D eigenvalue weighted by molar-refractivity contribution is 5.80. The second-order valence-electron chi connectivity index (χ2n) is 6.40. The number of benzene rings is 2. The van der Waals surface area contributed by atoms with Gasteiger partial charge >= 0.3 is 5.97 Å². The van der Waals surface area contributed by atoms with E-state index in [1.54, 1.807) is 12.1 Å². The Kier molecular flexibility index (Phi) is 7.26. The topological polar surface area (TPSA) is 85.9 Å². The maximum Gasteiger partial charge on any atom is 0.344 e. The van der Waals surface area contributed by atoms with Crippen LogP contribution in [0.3, 0.4) is 0 Å². The van der Waals surface area contributed by atoms with Gasteiger partial charge in [0, 0.05) is 24.5 Å². The Balaban J connectivity index is 1.33. The lowest BCUT2D eigenvalue weighted by molar-refractivity contribution is -0.150. The molecule has 28 heavy (non-hydrogen) atoms. The third-order valence-electron chi connectivity index (χ3n) is 4.19. The van der Waals surface area contributed by atoms with Gasteiger partial charge in [-0.05, 0) is 49.2 Å². The van der Waals surface area contributed by atoms with E-state index in [9.17, 15) is 9.59 Å². The molecule has 7 heteroatoms. The number of amides is 1. The number of anilines is 2. The van der Waals surface area contributed by atoms with E-state index >= 15 is 0 Å². The van der Waals surface area contributed by atoms with Gasteiger partial charge in [0.1, 0.15) is 5.75 Å². The van der Waals surface area contributed by atoms with E-state index < -0.39 is 5.97 Å². The summed E-state index contributed by atoms with van der Waals surface area (Å²) in [5, 5.41) is 5.95. The van der Waals surface area contributed by atoms with Crippen molar-refractivity contribution < 1.29 is 23.8 Å². The SMILES string of the molecule is O=C(COC(=O)COc1ccc(Nc2ccccc2)cc1)NC[C@@H]1CCCO1. The summed E-state index contributed by atoms with van der Waals surface area (Å²) in [6.07, 6.45) is 2.01. The van der Waals surface area contributed by atoms with Crippen molar-refractivity contribution in [2.24, 2.45) is 0 Å². The van der Waals surface area contributed by atoms with E-state index in [-0.39, 0.29) is 25.2 Å². The van der Waals surface area contributed by atoms with Gasteiger partial charge in [-0.15, -0.1) is 0 Å². The van der Waals surface area contributed by atoms with Crippen molar-refractivity contribution in [3.63, 3.8) is 0 Å². The van der Waals surface area contributed by atoms with Crippen molar-refractivity contribution in [1.82, 2.24) is 5.32 Å². The van der Waals surface area contributed by atoms with Gasteiger partial charge < -0.3 is 24.8 Å². The zero-order valence-corrected chi connectivity index (χ0v) is 15.6. The molecule has 0 radical (unpaired) electrons. The highest BCUT2D eigenvalue weighted by atomic mass is 16.6. The summed E-state index contributed by atoms with van der Waals surface area (Å²) in [4.78, 5) is 23.4. The standard InChI is InChI=1S/C21H24N2O5/c24-20(22-13-19-7-4-12-26-19)14-28-21(25)15-27-18-10-8-17(9-11-18)23-16-5-2-1-3-6-16/h1-3,5-6,8-11,19,23H,4,7,12-15H2,(H,22,24)/t19-/m0/s1. The lowest BCUT2D eigenvalue weighted by atomic mass is 10.2. The molecule has 1 aliphatic heterocycles. The van der Waals surface area contributed by atoms with Crippen LogP contribution < -0.4 is 15.4 Å². The molecule has 0 bridgehead atoms. The third kappa shape index (κ3) is 6.59. The molecule has 0 saturated carbocycles. The van der Waals surface area contributed by atoms with Crippen LogP contribution in [-0.2, 0) is 19.1 Å². The predicted molar refractivity (Wildman–Crippen MR) is 105 cm³/mol. The third-order valence-corrected chi connectivity index (χ3v) is 4.19. The fourth-order valence-corrected chi connectivity index (χ4v) is 2.74. The van der Waals surface area contributed by atoms with Crippen molar-refractivity contribution in [2.45, 2.75) is 18.9 Å². The van der Waals surface area contributed by atoms with E-state index in [1.807, 2.05) is 42.5 Å². The van der Waals surface area contributed by atoms with Gasteiger partial charge in [0.2, 0.25) is 0 Å². The van der Waals surface area contributed by atoms with E-state index in [0.717, 1.165) is 30.8 Å². The minimum absolute atomic E-state index is 0.0577. The van der Waals surface area contributed by atoms with Crippen molar-refractivity contribution in [3.8, 4) is 5.75 Å². The molecule has 3 rings (SSSR count). The predicted octanol–water partition coefficient (Wildman–Crippen LogP) is 2.65. The Morgan fingerprint density at radius 3 is 2.46 bits per heavy atom. The smallest absolute Gasteiger partial charge is 0.344 e. The van der Waals surface area contributed by atoms with Crippen LogP contribution in [0.5, 0.6) is 5.75 Å². The Morgan fingerprint density at radius 1 is 1.00 bits per heavy atom. The molecule has 0 unspecified atom stereocenters. The lowest BCUT2D eigenvalue weighted by Gasteiger charge is -2.11. The molecular formula is C21H24N2O5. The average Bonchev–Trinajstić information content (AvgIpc) is 3.25. The van der Waals surface area contributed by atoms with Gasteiger partial charge in [-0.3, -0.25) is 4.79 Å². The van der Waals surface area contributed by atoms with Gasteiger partial charge in [0.25, 0.3) is 5.91 Å². The number of esters is 1. The molecule has 2 aromatic carbocycles. The van der Waals surface area contributed by atoms with E-state index in [0.29, 0.717) is 12.3 Å². The summed E-state index contributed by atoms with van der Waals surface area (Å²) in [6, 6.07) is 17.0. The zero-order valence-electron chi connectivity index (χ0n) is 15.6. The van der Waals surface area contributed by atoms with Gasteiger partial charge in [0.05, 0.1) is 6.10 Å². The molecule has 2 aromatic rings.